The van der Waals surface area contributed by atoms with E-state index < -0.39 is 0 Å². The molecule has 2 aromatic carbocycles. The molecule has 0 spiro atoms. The lowest BCUT2D eigenvalue weighted by Gasteiger charge is -2.20. The highest BCUT2D eigenvalue weighted by atomic mass is 16.5. The summed E-state index contributed by atoms with van der Waals surface area (Å²) >= 11 is 0. The van der Waals surface area contributed by atoms with Gasteiger partial charge in [-0.2, -0.15) is 0 Å². The molecule has 2 N–H and O–H groups in total. The summed E-state index contributed by atoms with van der Waals surface area (Å²) in [6.45, 7) is 6.41. The first-order valence-corrected chi connectivity index (χ1v) is 8.76. The van der Waals surface area contributed by atoms with Crippen molar-refractivity contribution in [3.8, 4) is 11.5 Å². The van der Waals surface area contributed by atoms with Crippen molar-refractivity contribution in [2.24, 2.45) is 0 Å². The van der Waals surface area contributed by atoms with Crippen LogP contribution in [0.15, 0.2) is 48.5 Å². The Kier molecular flexibility index (Phi) is 6.82. The van der Waals surface area contributed by atoms with Gasteiger partial charge in [0.2, 0.25) is 0 Å². The van der Waals surface area contributed by atoms with Gasteiger partial charge >= 0.3 is 0 Å². The van der Waals surface area contributed by atoms with E-state index in [0.29, 0.717) is 30.0 Å². The van der Waals surface area contributed by atoms with Gasteiger partial charge in [-0.25, -0.2) is 0 Å². The molecule has 6 heteroatoms. The Balaban J connectivity index is 1.84. The van der Waals surface area contributed by atoms with E-state index in [1.807, 2.05) is 32.9 Å². The summed E-state index contributed by atoms with van der Waals surface area (Å²) < 4.78 is 10.7. The third kappa shape index (κ3) is 6.66. The summed E-state index contributed by atoms with van der Waals surface area (Å²) in [4.78, 5) is 24.5. The van der Waals surface area contributed by atoms with E-state index >= 15 is 0 Å². The minimum Gasteiger partial charge on any atom is -0.497 e. The molecule has 0 aliphatic heterocycles. The number of hydrogen-bond donors (Lipinski definition) is 2. The van der Waals surface area contributed by atoms with Gasteiger partial charge in [-0.1, -0.05) is 6.07 Å². The lowest BCUT2D eigenvalue weighted by atomic mass is 10.1. The lowest BCUT2D eigenvalue weighted by molar-refractivity contribution is 0.0919. The molecule has 0 aliphatic rings. The first-order valence-electron chi connectivity index (χ1n) is 8.76. The second-order valence-corrected chi connectivity index (χ2v) is 7.06. The van der Waals surface area contributed by atoms with E-state index in [-0.39, 0.29) is 17.4 Å². The molecule has 0 aromatic heterocycles. The summed E-state index contributed by atoms with van der Waals surface area (Å²) in [5.74, 6) is 0.996. The Hall–Kier alpha value is -3.02. The minimum absolute atomic E-state index is 0.208. The zero-order valence-corrected chi connectivity index (χ0v) is 16.2. The molecule has 2 aromatic rings. The maximum atomic E-state index is 12.3. The molecule has 144 valence electrons. The number of benzene rings is 2. The summed E-state index contributed by atoms with van der Waals surface area (Å²) in [5.41, 5.74) is 0.543. The van der Waals surface area contributed by atoms with Crippen molar-refractivity contribution in [1.82, 2.24) is 10.6 Å². The minimum atomic E-state index is -0.339. The van der Waals surface area contributed by atoms with Crippen molar-refractivity contribution in [2.75, 3.05) is 20.3 Å². The second kappa shape index (κ2) is 9.07. The predicted molar refractivity (Wildman–Crippen MR) is 104 cm³/mol. The third-order valence-corrected chi connectivity index (χ3v) is 3.59. The van der Waals surface area contributed by atoms with Crippen LogP contribution in [-0.4, -0.2) is 37.6 Å². The number of nitrogens with one attached hydrogen (secondary N) is 2. The van der Waals surface area contributed by atoms with Gasteiger partial charge in [0, 0.05) is 16.7 Å². The Morgan fingerprint density at radius 3 is 2.11 bits per heavy atom. The van der Waals surface area contributed by atoms with Gasteiger partial charge in [-0.05, 0) is 63.2 Å². The molecule has 0 unspecified atom stereocenters. The summed E-state index contributed by atoms with van der Waals surface area (Å²) in [6, 6.07) is 13.9. The first-order chi connectivity index (χ1) is 12.8. The standard InChI is InChI=1S/C21H26N2O4/c1-21(2,3)23-20(25)16-7-5-6-15(14-16)19(24)22-12-13-27-18-10-8-17(26-4)9-11-18/h5-11,14H,12-13H2,1-4H3,(H,22,24)(H,23,25). The average Bonchev–Trinajstić information content (AvgIpc) is 2.64. The number of rotatable bonds is 7. The van der Waals surface area contributed by atoms with Gasteiger partial charge in [0.25, 0.3) is 11.8 Å². The molecule has 0 saturated heterocycles. The highest BCUT2D eigenvalue weighted by Crippen LogP contribution is 2.16. The van der Waals surface area contributed by atoms with Gasteiger partial charge in [0.05, 0.1) is 13.7 Å². The molecule has 0 saturated carbocycles. The summed E-state index contributed by atoms with van der Waals surface area (Å²) in [6.07, 6.45) is 0. The number of amides is 2. The lowest BCUT2D eigenvalue weighted by Crippen LogP contribution is -2.40. The van der Waals surface area contributed by atoms with Crippen LogP contribution in [-0.2, 0) is 0 Å². The van der Waals surface area contributed by atoms with Crippen molar-refractivity contribution >= 4 is 11.8 Å². The molecule has 6 nitrogen and oxygen atoms in total. The number of methoxy groups -OCH3 is 1. The van der Waals surface area contributed by atoms with Crippen LogP contribution in [0.5, 0.6) is 11.5 Å². The van der Waals surface area contributed by atoms with Crippen LogP contribution in [0.3, 0.4) is 0 Å². The first kappa shape index (κ1) is 20.3. The van der Waals surface area contributed by atoms with E-state index in [0.717, 1.165) is 5.75 Å². The maximum absolute atomic E-state index is 12.3. The third-order valence-electron chi connectivity index (χ3n) is 3.59. The Labute approximate surface area is 159 Å². The molecule has 0 aliphatic carbocycles. The van der Waals surface area contributed by atoms with E-state index in [2.05, 4.69) is 10.6 Å². The smallest absolute Gasteiger partial charge is 0.251 e. The highest BCUT2D eigenvalue weighted by molar-refractivity contribution is 5.99. The van der Waals surface area contributed by atoms with Crippen LogP contribution in [0.4, 0.5) is 0 Å². The van der Waals surface area contributed by atoms with E-state index in [1.54, 1.807) is 43.5 Å². The molecule has 2 rings (SSSR count). The largest absolute Gasteiger partial charge is 0.497 e. The van der Waals surface area contributed by atoms with E-state index in [9.17, 15) is 9.59 Å². The Bertz CT molecular complexity index is 780. The second-order valence-electron chi connectivity index (χ2n) is 7.06. The quantitative estimate of drug-likeness (QED) is 0.735. The van der Waals surface area contributed by atoms with Crippen LogP contribution in [0.25, 0.3) is 0 Å². The van der Waals surface area contributed by atoms with Crippen LogP contribution < -0.4 is 20.1 Å². The summed E-state index contributed by atoms with van der Waals surface area (Å²) in [7, 11) is 1.60. The normalized spacial score (nSPS) is 10.8. The number of ether oxygens (including phenoxy) is 2. The van der Waals surface area contributed by atoms with Gasteiger partial charge < -0.3 is 20.1 Å². The van der Waals surface area contributed by atoms with Crippen molar-refractivity contribution in [3.05, 3.63) is 59.7 Å². The maximum Gasteiger partial charge on any atom is 0.251 e. The average molecular weight is 370 g/mol. The Morgan fingerprint density at radius 1 is 0.926 bits per heavy atom. The molecule has 0 atom stereocenters. The fourth-order valence-corrected chi connectivity index (χ4v) is 2.32. The van der Waals surface area contributed by atoms with Crippen molar-refractivity contribution in [2.45, 2.75) is 26.3 Å². The Morgan fingerprint density at radius 2 is 1.52 bits per heavy atom. The van der Waals surface area contributed by atoms with Crippen LogP contribution in [0.2, 0.25) is 0 Å². The molecule has 0 bridgehead atoms. The zero-order valence-electron chi connectivity index (χ0n) is 16.2. The van der Waals surface area contributed by atoms with Crippen molar-refractivity contribution in [3.63, 3.8) is 0 Å². The topological polar surface area (TPSA) is 76.7 Å². The van der Waals surface area contributed by atoms with Crippen molar-refractivity contribution in [1.29, 1.82) is 0 Å². The molecule has 0 heterocycles. The van der Waals surface area contributed by atoms with Gasteiger partial charge in [-0.15, -0.1) is 0 Å². The molecule has 0 fully saturated rings. The summed E-state index contributed by atoms with van der Waals surface area (Å²) in [5, 5.41) is 5.67. The van der Waals surface area contributed by atoms with Gasteiger partial charge in [-0.3, -0.25) is 9.59 Å². The molecule has 0 radical (unpaired) electrons. The SMILES string of the molecule is COc1ccc(OCCNC(=O)c2cccc(C(=O)NC(C)(C)C)c2)cc1. The van der Waals surface area contributed by atoms with Crippen LogP contribution in [0, 0.1) is 0 Å². The number of hydrogen-bond acceptors (Lipinski definition) is 4. The van der Waals surface area contributed by atoms with E-state index in [1.165, 1.54) is 0 Å². The number of carbonyl (C=O) groups excluding carboxylic acids is 2. The molecule has 27 heavy (non-hydrogen) atoms. The van der Waals surface area contributed by atoms with Crippen LogP contribution >= 0.6 is 0 Å². The molecular formula is C21H26N2O4. The van der Waals surface area contributed by atoms with Gasteiger partial charge in [0.1, 0.15) is 18.1 Å². The number of carbonyl (C=O) groups is 2. The monoisotopic (exact) mass is 370 g/mol. The fraction of sp³-hybridized carbons (Fsp3) is 0.333. The molecule has 2 amide bonds. The van der Waals surface area contributed by atoms with Crippen LogP contribution in [0.1, 0.15) is 41.5 Å². The fourth-order valence-electron chi connectivity index (χ4n) is 2.32. The molecular weight excluding hydrogens is 344 g/mol. The van der Waals surface area contributed by atoms with E-state index in [4.69, 9.17) is 9.47 Å². The van der Waals surface area contributed by atoms with Gasteiger partial charge in [0.15, 0.2) is 0 Å². The zero-order chi connectivity index (χ0) is 19.9. The highest BCUT2D eigenvalue weighted by Gasteiger charge is 2.16. The van der Waals surface area contributed by atoms with Crippen molar-refractivity contribution < 1.29 is 19.1 Å². The predicted octanol–water partition coefficient (Wildman–Crippen LogP) is 3.03.